The predicted molar refractivity (Wildman–Crippen MR) is 78.3 cm³/mol. The molecular formula is C13H19N3O3S. The quantitative estimate of drug-likeness (QED) is 0.851. The van der Waals surface area contributed by atoms with Gasteiger partial charge in [-0.25, -0.2) is 8.42 Å². The van der Waals surface area contributed by atoms with Crippen molar-refractivity contribution in [3.63, 3.8) is 0 Å². The van der Waals surface area contributed by atoms with Gasteiger partial charge in [-0.15, -0.1) is 0 Å². The van der Waals surface area contributed by atoms with Crippen LogP contribution in [-0.2, 0) is 10.0 Å². The smallest absolute Gasteiger partial charge is 0.254 e. The van der Waals surface area contributed by atoms with E-state index in [9.17, 15) is 13.2 Å². The first-order chi connectivity index (χ1) is 9.37. The lowest BCUT2D eigenvalue weighted by atomic mass is 10.1. The maximum absolute atomic E-state index is 12.4. The lowest BCUT2D eigenvalue weighted by Crippen LogP contribution is -2.52. The molecule has 0 bridgehead atoms. The van der Waals surface area contributed by atoms with Crippen molar-refractivity contribution in [2.24, 2.45) is 0 Å². The SMILES string of the molecule is C[C@H]1CNCCN1C(=O)c1ccc(NS(C)(=O)=O)cc1. The van der Waals surface area contributed by atoms with Gasteiger partial charge in [-0.05, 0) is 31.2 Å². The summed E-state index contributed by atoms with van der Waals surface area (Å²) in [4.78, 5) is 14.2. The van der Waals surface area contributed by atoms with Crippen LogP contribution < -0.4 is 10.0 Å². The first-order valence-electron chi connectivity index (χ1n) is 6.46. The Morgan fingerprint density at radius 1 is 1.35 bits per heavy atom. The largest absolute Gasteiger partial charge is 0.333 e. The number of amides is 1. The summed E-state index contributed by atoms with van der Waals surface area (Å²) < 4.78 is 24.6. The van der Waals surface area contributed by atoms with Crippen molar-refractivity contribution < 1.29 is 13.2 Å². The zero-order valence-corrected chi connectivity index (χ0v) is 12.4. The fraction of sp³-hybridized carbons (Fsp3) is 0.462. The Morgan fingerprint density at radius 2 is 2.00 bits per heavy atom. The lowest BCUT2D eigenvalue weighted by Gasteiger charge is -2.34. The molecule has 110 valence electrons. The van der Waals surface area contributed by atoms with Gasteiger partial charge in [0.15, 0.2) is 0 Å². The number of hydrogen-bond donors (Lipinski definition) is 2. The van der Waals surface area contributed by atoms with Gasteiger partial charge in [0.1, 0.15) is 0 Å². The van der Waals surface area contributed by atoms with Gasteiger partial charge < -0.3 is 10.2 Å². The normalized spacial score (nSPS) is 19.7. The van der Waals surface area contributed by atoms with Crippen LogP contribution in [0.1, 0.15) is 17.3 Å². The molecule has 0 aliphatic carbocycles. The fourth-order valence-corrected chi connectivity index (χ4v) is 2.77. The summed E-state index contributed by atoms with van der Waals surface area (Å²) in [5.41, 5.74) is 1.02. The van der Waals surface area contributed by atoms with Gasteiger partial charge in [-0.3, -0.25) is 9.52 Å². The van der Waals surface area contributed by atoms with Crippen molar-refractivity contribution in [1.82, 2.24) is 10.2 Å². The highest BCUT2D eigenvalue weighted by Crippen LogP contribution is 2.14. The molecule has 20 heavy (non-hydrogen) atoms. The third kappa shape index (κ3) is 3.71. The molecule has 0 unspecified atom stereocenters. The first kappa shape index (κ1) is 14.8. The Kier molecular flexibility index (Phi) is 4.29. The molecule has 1 aliphatic rings. The van der Waals surface area contributed by atoms with Crippen LogP contribution in [0, 0.1) is 0 Å². The van der Waals surface area contributed by atoms with Gasteiger partial charge in [0, 0.05) is 36.9 Å². The van der Waals surface area contributed by atoms with Crippen molar-refractivity contribution in [2.75, 3.05) is 30.6 Å². The first-order valence-corrected chi connectivity index (χ1v) is 8.35. The standard InChI is InChI=1S/C13H19N3O3S/c1-10-9-14-7-8-16(10)13(17)11-3-5-12(6-4-11)15-20(2,18)19/h3-6,10,14-15H,7-9H2,1-2H3/t10-/m0/s1. The van der Waals surface area contributed by atoms with E-state index in [1.807, 2.05) is 11.8 Å². The number of nitrogens with one attached hydrogen (secondary N) is 2. The van der Waals surface area contributed by atoms with E-state index < -0.39 is 10.0 Å². The third-order valence-corrected chi connectivity index (χ3v) is 3.80. The average Bonchev–Trinajstić information content (AvgIpc) is 2.37. The maximum atomic E-state index is 12.4. The molecule has 6 nitrogen and oxygen atoms in total. The molecule has 0 spiro atoms. The Bertz CT molecular complexity index is 583. The Balaban J connectivity index is 2.11. The van der Waals surface area contributed by atoms with E-state index in [0.717, 1.165) is 19.3 Å². The topological polar surface area (TPSA) is 78.5 Å². The van der Waals surface area contributed by atoms with Crippen molar-refractivity contribution in [2.45, 2.75) is 13.0 Å². The summed E-state index contributed by atoms with van der Waals surface area (Å²) in [6, 6.07) is 6.64. The van der Waals surface area contributed by atoms with Crippen LogP contribution in [0.4, 0.5) is 5.69 Å². The van der Waals surface area contributed by atoms with Crippen LogP contribution in [0.15, 0.2) is 24.3 Å². The summed E-state index contributed by atoms with van der Waals surface area (Å²) in [6.07, 6.45) is 1.09. The van der Waals surface area contributed by atoms with Crippen LogP contribution >= 0.6 is 0 Å². The van der Waals surface area contributed by atoms with Crippen molar-refractivity contribution in [1.29, 1.82) is 0 Å². The van der Waals surface area contributed by atoms with Gasteiger partial charge in [-0.2, -0.15) is 0 Å². The molecule has 7 heteroatoms. The number of anilines is 1. The zero-order chi connectivity index (χ0) is 14.8. The van der Waals surface area contributed by atoms with E-state index in [1.165, 1.54) is 0 Å². The van der Waals surface area contributed by atoms with Gasteiger partial charge >= 0.3 is 0 Å². The number of sulfonamides is 1. The lowest BCUT2D eigenvalue weighted by molar-refractivity contribution is 0.0656. The van der Waals surface area contributed by atoms with E-state index >= 15 is 0 Å². The molecule has 1 amide bonds. The van der Waals surface area contributed by atoms with Crippen LogP contribution in [0.5, 0.6) is 0 Å². The Hall–Kier alpha value is -1.60. The van der Waals surface area contributed by atoms with Crippen molar-refractivity contribution in [3.8, 4) is 0 Å². The molecule has 1 aromatic rings. The molecule has 0 saturated carbocycles. The molecule has 1 saturated heterocycles. The zero-order valence-electron chi connectivity index (χ0n) is 11.6. The molecular weight excluding hydrogens is 278 g/mol. The summed E-state index contributed by atoms with van der Waals surface area (Å²) in [7, 11) is -3.29. The molecule has 0 aromatic heterocycles. The van der Waals surface area contributed by atoms with E-state index in [1.54, 1.807) is 24.3 Å². The summed E-state index contributed by atoms with van der Waals surface area (Å²) >= 11 is 0. The number of carbonyl (C=O) groups is 1. The Morgan fingerprint density at radius 3 is 2.55 bits per heavy atom. The highest BCUT2D eigenvalue weighted by molar-refractivity contribution is 7.92. The van der Waals surface area contributed by atoms with Gasteiger partial charge in [0.2, 0.25) is 10.0 Å². The molecule has 2 N–H and O–H groups in total. The van der Waals surface area contributed by atoms with Crippen LogP contribution in [0.25, 0.3) is 0 Å². The molecule has 1 atom stereocenters. The number of piperazine rings is 1. The van der Waals surface area contributed by atoms with Crippen molar-refractivity contribution in [3.05, 3.63) is 29.8 Å². The molecule has 1 aromatic carbocycles. The summed E-state index contributed by atoms with van der Waals surface area (Å²) in [6.45, 7) is 4.27. The molecule has 2 rings (SSSR count). The van der Waals surface area contributed by atoms with Crippen LogP contribution in [0.2, 0.25) is 0 Å². The van der Waals surface area contributed by atoms with Gasteiger partial charge in [0.05, 0.1) is 6.26 Å². The highest BCUT2D eigenvalue weighted by Gasteiger charge is 2.23. The molecule has 1 aliphatic heterocycles. The fourth-order valence-electron chi connectivity index (χ4n) is 2.20. The monoisotopic (exact) mass is 297 g/mol. The second-order valence-corrected chi connectivity index (χ2v) is 6.75. The third-order valence-electron chi connectivity index (χ3n) is 3.20. The molecule has 0 radical (unpaired) electrons. The Labute approximate surface area is 119 Å². The molecule has 1 fully saturated rings. The number of benzene rings is 1. The average molecular weight is 297 g/mol. The number of rotatable bonds is 3. The molecule has 1 heterocycles. The van der Waals surface area contributed by atoms with Crippen LogP contribution in [-0.4, -0.2) is 51.2 Å². The number of hydrogen-bond acceptors (Lipinski definition) is 4. The number of nitrogens with zero attached hydrogens (tertiary/aromatic N) is 1. The number of carbonyl (C=O) groups excluding carboxylic acids is 1. The minimum atomic E-state index is -3.29. The summed E-state index contributed by atoms with van der Waals surface area (Å²) in [5, 5.41) is 3.24. The predicted octanol–water partition coefficient (Wildman–Crippen LogP) is 0.492. The van der Waals surface area contributed by atoms with Gasteiger partial charge in [-0.1, -0.05) is 0 Å². The van der Waals surface area contributed by atoms with E-state index in [4.69, 9.17) is 0 Å². The van der Waals surface area contributed by atoms with Crippen molar-refractivity contribution >= 4 is 21.6 Å². The minimum Gasteiger partial charge on any atom is -0.333 e. The second-order valence-electron chi connectivity index (χ2n) is 5.00. The minimum absolute atomic E-state index is 0.0232. The summed E-state index contributed by atoms with van der Waals surface area (Å²) in [5.74, 6) is -0.0232. The maximum Gasteiger partial charge on any atom is 0.254 e. The van der Waals surface area contributed by atoms with Gasteiger partial charge in [0.25, 0.3) is 5.91 Å². The van der Waals surface area contributed by atoms with E-state index in [-0.39, 0.29) is 11.9 Å². The van der Waals surface area contributed by atoms with E-state index in [2.05, 4.69) is 10.0 Å². The highest BCUT2D eigenvalue weighted by atomic mass is 32.2. The van der Waals surface area contributed by atoms with E-state index in [0.29, 0.717) is 17.8 Å². The second kappa shape index (κ2) is 5.80. The van der Waals surface area contributed by atoms with Crippen LogP contribution in [0.3, 0.4) is 0 Å².